The molecule has 0 rings (SSSR count). The van der Waals surface area contributed by atoms with Crippen LogP contribution >= 0.6 is 0 Å². The fourth-order valence-corrected chi connectivity index (χ4v) is 0.438. The van der Waals surface area contributed by atoms with E-state index in [4.69, 9.17) is 0 Å². The van der Waals surface area contributed by atoms with Crippen LogP contribution in [-0.2, 0) is 4.79 Å². The fraction of sp³-hybridized carbons (Fsp3) is 0.300. The number of hydrogen-bond donors (Lipinski definition) is 0. The van der Waals surface area contributed by atoms with Crippen molar-refractivity contribution in [2.45, 2.75) is 20.8 Å². The Bertz CT molecular complexity index is 242. The average molecular weight is 148 g/mol. The highest BCUT2D eigenvalue weighted by molar-refractivity contribution is 5.67. The minimum atomic E-state index is 0.743. The molecule has 0 amide bonds. The van der Waals surface area contributed by atoms with E-state index in [-0.39, 0.29) is 0 Å². The molecule has 0 bridgehead atoms. The normalized spacial score (nSPS) is 9.55. The van der Waals surface area contributed by atoms with Gasteiger partial charge in [0.25, 0.3) is 0 Å². The van der Waals surface area contributed by atoms with Crippen LogP contribution in [0.1, 0.15) is 20.8 Å². The smallest absolute Gasteiger partial charge is 0.143 e. The Morgan fingerprint density at radius 2 is 1.91 bits per heavy atom. The van der Waals surface area contributed by atoms with Gasteiger partial charge in [-0.2, -0.15) is 0 Å². The number of carbonyl (C=O) groups excluding carboxylic acids is 1. The Morgan fingerprint density at radius 1 is 1.27 bits per heavy atom. The lowest BCUT2D eigenvalue weighted by atomic mass is 10.2. The average Bonchev–Trinajstić information content (AvgIpc) is 1.87. The van der Waals surface area contributed by atoms with Gasteiger partial charge in [-0.05, 0) is 32.9 Å². The molecule has 0 spiro atoms. The second-order valence-corrected chi connectivity index (χ2v) is 2.48. The van der Waals surface area contributed by atoms with E-state index >= 15 is 0 Å². The van der Waals surface area contributed by atoms with Crippen LogP contribution in [0.2, 0.25) is 0 Å². The molecule has 0 saturated heterocycles. The second kappa shape index (κ2) is 5.49. The standard InChI is InChI=1S/C10H12O/c1-9(2)5-4-6-10(3)7-8-11/h5,7-8H,1-3H3/b10-7-. The van der Waals surface area contributed by atoms with Crippen LogP contribution in [0.4, 0.5) is 0 Å². The van der Waals surface area contributed by atoms with E-state index < -0.39 is 0 Å². The van der Waals surface area contributed by atoms with E-state index in [0.29, 0.717) is 0 Å². The molecule has 0 heterocycles. The maximum absolute atomic E-state index is 9.95. The van der Waals surface area contributed by atoms with Crippen molar-refractivity contribution in [1.82, 2.24) is 0 Å². The molecule has 0 saturated carbocycles. The molecule has 0 aliphatic carbocycles. The summed E-state index contributed by atoms with van der Waals surface area (Å²) < 4.78 is 0. The first-order chi connectivity index (χ1) is 5.16. The van der Waals surface area contributed by atoms with Gasteiger partial charge in [-0.1, -0.05) is 17.4 Å². The van der Waals surface area contributed by atoms with Gasteiger partial charge in [0.1, 0.15) is 6.29 Å². The molecule has 0 aromatic heterocycles. The molecular weight excluding hydrogens is 136 g/mol. The summed E-state index contributed by atoms with van der Waals surface area (Å²) >= 11 is 0. The summed E-state index contributed by atoms with van der Waals surface area (Å²) in [6.07, 6.45) is 4.01. The molecule has 11 heavy (non-hydrogen) atoms. The second-order valence-electron chi connectivity index (χ2n) is 2.48. The first kappa shape index (κ1) is 9.71. The zero-order valence-electron chi connectivity index (χ0n) is 7.14. The molecule has 0 radical (unpaired) electrons. The van der Waals surface area contributed by atoms with Crippen molar-refractivity contribution >= 4 is 6.29 Å². The van der Waals surface area contributed by atoms with Crippen molar-refractivity contribution in [2.75, 3.05) is 0 Å². The van der Waals surface area contributed by atoms with Crippen molar-refractivity contribution in [1.29, 1.82) is 0 Å². The molecule has 0 fully saturated rings. The number of hydrogen-bond acceptors (Lipinski definition) is 1. The highest BCUT2D eigenvalue weighted by atomic mass is 16.1. The van der Waals surface area contributed by atoms with Gasteiger partial charge in [0, 0.05) is 5.57 Å². The molecular formula is C10H12O. The molecule has 0 aliphatic heterocycles. The molecule has 1 heteroatoms. The summed E-state index contributed by atoms with van der Waals surface area (Å²) in [4.78, 5) is 9.95. The van der Waals surface area contributed by atoms with E-state index in [1.54, 1.807) is 6.92 Å². The van der Waals surface area contributed by atoms with Gasteiger partial charge >= 0.3 is 0 Å². The molecule has 58 valence electrons. The minimum Gasteiger partial charge on any atom is -0.299 e. The molecule has 0 atom stereocenters. The molecule has 0 N–H and O–H groups in total. The number of rotatable bonds is 1. The van der Waals surface area contributed by atoms with Gasteiger partial charge in [0.15, 0.2) is 0 Å². The van der Waals surface area contributed by atoms with Gasteiger partial charge in [-0.25, -0.2) is 0 Å². The summed E-state index contributed by atoms with van der Waals surface area (Å²) in [5.41, 5.74) is 1.95. The maximum Gasteiger partial charge on any atom is 0.143 e. The van der Waals surface area contributed by atoms with Gasteiger partial charge in [0.2, 0.25) is 0 Å². The zero-order chi connectivity index (χ0) is 8.69. The summed E-state index contributed by atoms with van der Waals surface area (Å²) in [5.74, 6) is 5.65. The number of carbonyl (C=O) groups is 1. The van der Waals surface area contributed by atoms with Crippen molar-refractivity contribution in [3.8, 4) is 11.8 Å². The van der Waals surface area contributed by atoms with Crippen molar-refractivity contribution < 1.29 is 4.79 Å². The predicted octanol–water partition coefficient (Wildman–Crippen LogP) is 2.10. The minimum absolute atomic E-state index is 0.743. The van der Waals surface area contributed by atoms with Gasteiger partial charge in [-0.3, -0.25) is 4.79 Å². The monoisotopic (exact) mass is 148 g/mol. The molecule has 0 unspecified atom stereocenters. The summed E-state index contributed by atoms with van der Waals surface area (Å²) in [6.45, 7) is 5.77. The highest BCUT2D eigenvalue weighted by Gasteiger charge is 1.76. The third-order valence-corrected chi connectivity index (χ3v) is 0.948. The summed E-state index contributed by atoms with van der Waals surface area (Å²) in [5, 5.41) is 0. The number of allylic oxidation sites excluding steroid dienone is 4. The Hall–Kier alpha value is -1.29. The van der Waals surface area contributed by atoms with Crippen LogP contribution < -0.4 is 0 Å². The lowest BCUT2D eigenvalue weighted by Crippen LogP contribution is -1.69. The van der Waals surface area contributed by atoms with Crippen LogP contribution in [-0.4, -0.2) is 6.29 Å². The van der Waals surface area contributed by atoms with Crippen molar-refractivity contribution in [3.63, 3.8) is 0 Å². The SMILES string of the molecule is CC(C)=CC#C/C(C)=C\C=O. The van der Waals surface area contributed by atoms with Crippen LogP contribution in [0.3, 0.4) is 0 Å². The Kier molecular flexibility index (Phi) is 4.85. The largest absolute Gasteiger partial charge is 0.299 e. The van der Waals surface area contributed by atoms with E-state index in [9.17, 15) is 4.79 Å². The third kappa shape index (κ3) is 6.60. The predicted molar refractivity (Wildman–Crippen MR) is 47.0 cm³/mol. The van der Waals surface area contributed by atoms with E-state index in [0.717, 1.165) is 17.4 Å². The lowest BCUT2D eigenvalue weighted by molar-refractivity contribution is -0.104. The van der Waals surface area contributed by atoms with Gasteiger partial charge < -0.3 is 0 Å². The molecule has 1 nitrogen and oxygen atoms in total. The van der Waals surface area contributed by atoms with Gasteiger partial charge in [-0.15, -0.1) is 0 Å². The van der Waals surface area contributed by atoms with E-state index in [2.05, 4.69) is 11.8 Å². The first-order valence-corrected chi connectivity index (χ1v) is 3.44. The first-order valence-electron chi connectivity index (χ1n) is 3.44. The Balaban J connectivity index is 4.19. The third-order valence-electron chi connectivity index (χ3n) is 0.948. The Labute approximate surface area is 67.8 Å². The van der Waals surface area contributed by atoms with Gasteiger partial charge in [0.05, 0.1) is 0 Å². The lowest BCUT2D eigenvalue weighted by Gasteiger charge is -1.80. The quantitative estimate of drug-likeness (QED) is 0.316. The van der Waals surface area contributed by atoms with Crippen molar-refractivity contribution in [3.05, 3.63) is 23.3 Å². The summed E-state index contributed by atoms with van der Waals surface area (Å²) in [7, 11) is 0. The van der Waals surface area contributed by atoms with Crippen LogP contribution in [0, 0.1) is 11.8 Å². The van der Waals surface area contributed by atoms with Crippen LogP contribution in [0.25, 0.3) is 0 Å². The highest BCUT2D eigenvalue weighted by Crippen LogP contribution is 1.88. The van der Waals surface area contributed by atoms with Crippen LogP contribution in [0.5, 0.6) is 0 Å². The molecule has 0 aliphatic rings. The van der Waals surface area contributed by atoms with E-state index in [1.165, 1.54) is 6.08 Å². The van der Waals surface area contributed by atoms with Crippen molar-refractivity contribution in [2.24, 2.45) is 0 Å². The summed E-state index contributed by atoms with van der Waals surface area (Å²) in [6, 6.07) is 0. The number of aldehydes is 1. The molecule has 0 aromatic rings. The molecule has 0 aromatic carbocycles. The van der Waals surface area contributed by atoms with Crippen LogP contribution in [0.15, 0.2) is 23.3 Å². The fourth-order valence-electron chi connectivity index (χ4n) is 0.438. The zero-order valence-corrected chi connectivity index (χ0v) is 7.14. The Morgan fingerprint density at radius 3 is 2.36 bits per heavy atom. The topological polar surface area (TPSA) is 17.1 Å². The van der Waals surface area contributed by atoms with E-state index in [1.807, 2.05) is 19.9 Å². The maximum atomic E-state index is 9.95.